The third-order valence-electron chi connectivity index (χ3n) is 5.12. The molecule has 132 valence electrons. The summed E-state index contributed by atoms with van der Waals surface area (Å²) in [4.78, 5) is 28.5. The van der Waals surface area contributed by atoms with Gasteiger partial charge in [0.25, 0.3) is 0 Å². The highest BCUT2D eigenvalue weighted by Crippen LogP contribution is 2.20. The molecule has 2 aliphatic rings. The van der Waals surface area contributed by atoms with Crippen molar-refractivity contribution in [1.29, 1.82) is 0 Å². The summed E-state index contributed by atoms with van der Waals surface area (Å²) in [5.41, 5.74) is 0. The van der Waals surface area contributed by atoms with Crippen molar-refractivity contribution in [3.63, 3.8) is 0 Å². The van der Waals surface area contributed by atoms with Gasteiger partial charge in [-0.2, -0.15) is 0 Å². The van der Waals surface area contributed by atoms with Crippen LogP contribution >= 0.6 is 0 Å². The molecular weight excluding hydrogens is 306 g/mol. The number of likely N-dealkylation sites (tertiary alicyclic amines) is 2. The van der Waals surface area contributed by atoms with Gasteiger partial charge < -0.3 is 19.5 Å². The molecule has 24 heavy (non-hydrogen) atoms. The molecule has 0 saturated carbocycles. The second-order valence-corrected chi connectivity index (χ2v) is 7.07. The summed E-state index contributed by atoms with van der Waals surface area (Å²) >= 11 is 0. The van der Waals surface area contributed by atoms with Crippen LogP contribution in [0.15, 0.2) is 22.8 Å². The standard InChI is InChI=1S/C18H27N3O3/c1-14-4-7-20(8-5-14)9-6-19-18(23)15-11-17(22)21(12-15)13-16-3-2-10-24-16/h2-3,10,14-15H,4-9,11-13H2,1H3,(H,19,23). The summed E-state index contributed by atoms with van der Waals surface area (Å²) in [6.45, 7) is 7.02. The molecule has 1 aromatic rings. The lowest BCUT2D eigenvalue weighted by Crippen LogP contribution is -2.41. The second-order valence-electron chi connectivity index (χ2n) is 7.07. The zero-order chi connectivity index (χ0) is 16.9. The Bertz CT molecular complexity index is 550. The van der Waals surface area contributed by atoms with Crippen LogP contribution in [0.1, 0.15) is 31.9 Å². The van der Waals surface area contributed by atoms with E-state index in [0.29, 0.717) is 26.1 Å². The molecule has 0 bridgehead atoms. The third kappa shape index (κ3) is 4.38. The maximum atomic E-state index is 12.3. The molecule has 2 saturated heterocycles. The van der Waals surface area contributed by atoms with Crippen LogP contribution in [-0.4, -0.2) is 54.3 Å². The van der Waals surface area contributed by atoms with E-state index in [1.807, 2.05) is 6.07 Å². The van der Waals surface area contributed by atoms with Crippen LogP contribution in [0.4, 0.5) is 0 Å². The van der Waals surface area contributed by atoms with E-state index in [1.54, 1.807) is 17.2 Å². The van der Waals surface area contributed by atoms with Crippen LogP contribution in [0.3, 0.4) is 0 Å². The van der Waals surface area contributed by atoms with Gasteiger partial charge in [0.2, 0.25) is 11.8 Å². The number of piperidine rings is 1. The normalized spacial score (nSPS) is 23.0. The first-order chi connectivity index (χ1) is 11.6. The molecule has 1 aromatic heterocycles. The highest BCUT2D eigenvalue weighted by molar-refractivity contribution is 5.89. The van der Waals surface area contributed by atoms with Crippen molar-refractivity contribution >= 4 is 11.8 Å². The quantitative estimate of drug-likeness (QED) is 0.856. The van der Waals surface area contributed by atoms with E-state index in [1.165, 1.54) is 12.8 Å². The van der Waals surface area contributed by atoms with Crippen LogP contribution in [0.25, 0.3) is 0 Å². The number of hydrogen-bond donors (Lipinski definition) is 1. The van der Waals surface area contributed by atoms with Crippen molar-refractivity contribution in [2.24, 2.45) is 11.8 Å². The Morgan fingerprint density at radius 2 is 2.17 bits per heavy atom. The summed E-state index contributed by atoms with van der Waals surface area (Å²) in [5.74, 6) is 1.35. The molecule has 0 aliphatic carbocycles. The molecule has 0 radical (unpaired) electrons. The fourth-order valence-electron chi connectivity index (χ4n) is 3.46. The number of nitrogens with one attached hydrogen (secondary N) is 1. The van der Waals surface area contributed by atoms with Crippen LogP contribution in [0.2, 0.25) is 0 Å². The molecule has 2 fully saturated rings. The SMILES string of the molecule is CC1CCN(CCNC(=O)C2CC(=O)N(Cc3ccco3)C2)CC1. The Labute approximate surface area is 143 Å². The van der Waals surface area contributed by atoms with Crippen molar-refractivity contribution in [3.8, 4) is 0 Å². The van der Waals surface area contributed by atoms with E-state index in [9.17, 15) is 9.59 Å². The van der Waals surface area contributed by atoms with Crippen molar-refractivity contribution in [2.75, 3.05) is 32.7 Å². The fourth-order valence-corrected chi connectivity index (χ4v) is 3.46. The zero-order valence-electron chi connectivity index (χ0n) is 14.4. The smallest absolute Gasteiger partial charge is 0.225 e. The summed E-state index contributed by atoms with van der Waals surface area (Å²) < 4.78 is 5.28. The minimum Gasteiger partial charge on any atom is -0.467 e. The largest absolute Gasteiger partial charge is 0.467 e. The summed E-state index contributed by atoms with van der Waals surface area (Å²) in [5, 5.41) is 3.00. The topological polar surface area (TPSA) is 65.8 Å². The van der Waals surface area contributed by atoms with Crippen molar-refractivity contribution in [3.05, 3.63) is 24.2 Å². The Balaban J connectivity index is 1.38. The Morgan fingerprint density at radius 3 is 2.88 bits per heavy atom. The average molecular weight is 333 g/mol. The first-order valence-corrected chi connectivity index (χ1v) is 8.92. The fraction of sp³-hybridized carbons (Fsp3) is 0.667. The van der Waals surface area contributed by atoms with Gasteiger partial charge in [-0.05, 0) is 44.0 Å². The number of nitrogens with zero attached hydrogens (tertiary/aromatic N) is 2. The molecule has 6 nitrogen and oxygen atoms in total. The van der Waals surface area contributed by atoms with E-state index in [4.69, 9.17) is 4.42 Å². The Kier molecular flexibility index (Phi) is 5.56. The monoisotopic (exact) mass is 333 g/mol. The van der Waals surface area contributed by atoms with Crippen molar-refractivity contribution in [1.82, 2.24) is 15.1 Å². The first-order valence-electron chi connectivity index (χ1n) is 8.92. The van der Waals surface area contributed by atoms with Gasteiger partial charge in [-0.1, -0.05) is 6.92 Å². The van der Waals surface area contributed by atoms with Crippen LogP contribution in [0.5, 0.6) is 0 Å². The number of carbonyl (C=O) groups excluding carboxylic acids is 2. The average Bonchev–Trinajstić information content (AvgIpc) is 3.20. The number of carbonyl (C=O) groups is 2. The summed E-state index contributed by atoms with van der Waals surface area (Å²) in [6.07, 6.45) is 4.38. The highest BCUT2D eigenvalue weighted by atomic mass is 16.3. The van der Waals surface area contributed by atoms with Crippen LogP contribution in [0, 0.1) is 11.8 Å². The van der Waals surface area contributed by atoms with E-state index in [0.717, 1.165) is 31.3 Å². The lowest BCUT2D eigenvalue weighted by molar-refractivity contribution is -0.129. The molecule has 1 atom stereocenters. The number of furan rings is 1. The van der Waals surface area contributed by atoms with Gasteiger partial charge in [-0.25, -0.2) is 0 Å². The molecule has 1 N–H and O–H groups in total. The van der Waals surface area contributed by atoms with Gasteiger partial charge in [-0.15, -0.1) is 0 Å². The molecule has 0 spiro atoms. The van der Waals surface area contributed by atoms with Gasteiger partial charge in [-0.3, -0.25) is 9.59 Å². The molecule has 1 unspecified atom stereocenters. The maximum absolute atomic E-state index is 12.3. The minimum absolute atomic E-state index is 0.00401. The van der Waals surface area contributed by atoms with E-state index in [2.05, 4.69) is 17.1 Å². The summed E-state index contributed by atoms with van der Waals surface area (Å²) in [6, 6.07) is 3.65. The molecule has 2 aliphatic heterocycles. The van der Waals surface area contributed by atoms with E-state index >= 15 is 0 Å². The van der Waals surface area contributed by atoms with Crippen LogP contribution < -0.4 is 5.32 Å². The molecule has 2 amide bonds. The van der Waals surface area contributed by atoms with Crippen molar-refractivity contribution in [2.45, 2.75) is 32.7 Å². The van der Waals surface area contributed by atoms with Gasteiger partial charge in [0.05, 0.1) is 18.7 Å². The molecule has 3 rings (SSSR count). The predicted octanol–water partition coefficient (Wildman–Crippen LogP) is 1.48. The van der Waals surface area contributed by atoms with Gasteiger partial charge in [0.15, 0.2) is 0 Å². The lowest BCUT2D eigenvalue weighted by Gasteiger charge is -2.30. The van der Waals surface area contributed by atoms with E-state index in [-0.39, 0.29) is 17.7 Å². The zero-order valence-corrected chi connectivity index (χ0v) is 14.4. The number of hydrogen-bond acceptors (Lipinski definition) is 4. The predicted molar refractivity (Wildman–Crippen MR) is 90.1 cm³/mol. The highest BCUT2D eigenvalue weighted by Gasteiger charge is 2.34. The summed E-state index contributed by atoms with van der Waals surface area (Å²) in [7, 11) is 0. The maximum Gasteiger partial charge on any atom is 0.225 e. The van der Waals surface area contributed by atoms with Gasteiger partial charge in [0, 0.05) is 26.1 Å². The third-order valence-corrected chi connectivity index (χ3v) is 5.12. The molecule has 0 aromatic carbocycles. The number of rotatable bonds is 6. The first kappa shape index (κ1) is 17.0. The van der Waals surface area contributed by atoms with Crippen molar-refractivity contribution < 1.29 is 14.0 Å². The number of amides is 2. The van der Waals surface area contributed by atoms with Gasteiger partial charge >= 0.3 is 0 Å². The molecule has 3 heterocycles. The molecule has 6 heteroatoms. The molecular formula is C18H27N3O3. The minimum atomic E-state index is -0.242. The van der Waals surface area contributed by atoms with Gasteiger partial charge in [0.1, 0.15) is 5.76 Å². The Hall–Kier alpha value is -1.82. The van der Waals surface area contributed by atoms with E-state index < -0.39 is 0 Å². The Morgan fingerprint density at radius 1 is 1.38 bits per heavy atom. The van der Waals surface area contributed by atoms with Crippen LogP contribution in [-0.2, 0) is 16.1 Å². The second kappa shape index (κ2) is 7.83. The lowest BCUT2D eigenvalue weighted by atomic mass is 9.99.